The summed E-state index contributed by atoms with van der Waals surface area (Å²) in [6, 6.07) is 3.65. The predicted octanol–water partition coefficient (Wildman–Crippen LogP) is 1.73. The van der Waals surface area contributed by atoms with Crippen molar-refractivity contribution in [3.8, 4) is 0 Å². The first-order chi connectivity index (χ1) is 13.4. The third-order valence-electron chi connectivity index (χ3n) is 3.20. The normalized spacial score (nSPS) is 12.4. The zero-order chi connectivity index (χ0) is 20.4. The Balaban J connectivity index is 1.70. The molecule has 0 aliphatic heterocycles. The topological polar surface area (TPSA) is 162 Å². The van der Waals surface area contributed by atoms with E-state index in [4.69, 9.17) is 11.1 Å². The number of nitrogens with zero attached hydrogens (tertiary/aromatic N) is 2. The molecule has 7 N–H and O–H groups in total. The molecule has 0 spiro atoms. The number of nitro groups is 1. The van der Waals surface area contributed by atoms with E-state index in [2.05, 4.69) is 20.9 Å². The van der Waals surface area contributed by atoms with Crippen molar-refractivity contribution in [1.82, 2.24) is 15.6 Å². The van der Waals surface area contributed by atoms with Gasteiger partial charge in [0.15, 0.2) is 16.9 Å². The van der Waals surface area contributed by atoms with Crippen molar-refractivity contribution in [2.24, 2.45) is 5.73 Å². The number of thiophene rings is 1. The fourth-order valence-corrected chi connectivity index (χ4v) is 4.32. The molecule has 0 aliphatic carbocycles. The van der Waals surface area contributed by atoms with E-state index in [1.54, 1.807) is 11.8 Å². The van der Waals surface area contributed by atoms with E-state index in [9.17, 15) is 15.2 Å². The summed E-state index contributed by atoms with van der Waals surface area (Å²) in [7, 11) is 0. The first kappa shape index (κ1) is 21.9. The van der Waals surface area contributed by atoms with E-state index in [-0.39, 0.29) is 18.3 Å². The van der Waals surface area contributed by atoms with Gasteiger partial charge in [0.1, 0.15) is 6.10 Å². The number of rotatable bonds is 12. The van der Waals surface area contributed by atoms with Gasteiger partial charge in [0, 0.05) is 34.9 Å². The predicted molar refractivity (Wildman–Crippen MR) is 114 cm³/mol. The number of thiazole rings is 1. The minimum absolute atomic E-state index is 0.153. The van der Waals surface area contributed by atoms with E-state index < -0.39 is 11.0 Å². The zero-order valence-electron chi connectivity index (χ0n) is 14.8. The molecule has 0 aromatic carbocycles. The maximum atomic E-state index is 10.8. The van der Waals surface area contributed by atoms with Gasteiger partial charge in [-0.3, -0.25) is 15.5 Å². The molecule has 152 valence electrons. The number of nitrogens with one attached hydrogen (secondary N) is 4. The smallest absolute Gasteiger partial charge is 0.274 e. The van der Waals surface area contributed by atoms with Gasteiger partial charge in [-0.15, -0.1) is 22.7 Å². The highest BCUT2D eigenvalue weighted by atomic mass is 32.2. The number of thioether (sulfide) groups is 1. The Bertz CT molecular complexity index is 795. The maximum Gasteiger partial charge on any atom is 0.274 e. The monoisotopic (exact) mass is 443 g/mol. The lowest BCUT2D eigenvalue weighted by Gasteiger charge is -2.14. The molecule has 0 amide bonds. The average molecular weight is 444 g/mol. The molecule has 13 heteroatoms. The van der Waals surface area contributed by atoms with Crippen LogP contribution in [-0.4, -0.2) is 39.8 Å². The molecule has 2 aromatic heterocycles. The Hall–Kier alpha value is -2.35. The SMILES string of the molecule is N=C(N)Nc1nc(CSCCN/C(=C/[N+](=O)[O-])NCC(O)c2cccs2)cs1. The minimum atomic E-state index is -0.728. The summed E-state index contributed by atoms with van der Waals surface area (Å²) >= 11 is 4.42. The fraction of sp³-hybridized carbons (Fsp3) is 0.333. The first-order valence-electron chi connectivity index (χ1n) is 8.11. The molecule has 0 aliphatic rings. The Morgan fingerprint density at radius 3 is 3.00 bits per heavy atom. The van der Waals surface area contributed by atoms with Crippen LogP contribution in [0.3, 0.4) is 0 Å². The number of anilines is 1. The van der Waals surface area contributed by atoms with Crippen LogP contribution in [0.4, 0.5) is 5.13 Å². The summed E-state index contributed by atoms with van der Waals surface area (Å²) < 4.78 is 0. The van der Waals surface area contributed by atoms with Crippen molar-refractivity contribution in [2.75, 3.05) is 24.2 Å². The van der Waals surface area contributed by atoms with Crippen LogP contribution in [0.1, 0.15) is 16.7 Å². The Morgan fingerprint density at radius 2 is 2.32 bits per heavy atom. The van der Waals surface area contributed by atoms with Gasteiger partial charge >= 0.3 is 0 Å². The Labute approximate surface area is 173 Å². The van der Waals surface area contributed by atoms with Crippen molar-refractivity contribution in [3.63, 3.8) is 0 Å². The molecule has 1 atom stereocenters. The van der Waals surface area contributed by atoms with Crippen LogP contribution in [0.2, 0.25) is 0 Å². The minimum Gasteiger partial charge on any atom is -0.386 e. The summed E-state index contributed by atoms with van der Waals surface area (Å²) in [6.07, 6.45) is 0.125. The molecule has 10 nitrogen and oxygen atoms in total. The third-order valence-corrected chi connectivity index (χ3v) is 5.97. The zero-order valence-corrected chi connectivity index (χ0v) is 17.2. The highest BCUT2D eigenvalue weighted by Gasteiger charge is 2.10. The van der Waals surface area contributed by atoms with Crippen LogP contribution >= 0.6 is 34.4 Å². The summed E-state index contributed by atoms with van der Waals surface area (Å²) in [5.74, 6) is 1.48. The van der Waals surface area contributed by atoms with Crippen LogP contribution in [0, 0.1) is 15.5 Å². The average Bonchev–Trinajstić information content (AvgIpc) is 3.30. The molecule has 1 unspecified atom stereocenters. The molecule has 0 radical (unpaired) electrons. The number of aliphatic hydroxyl groups is 1. The molecular formula is C15H21N7O3S3. The molecule has 0 saturated heterocycles. The molecule has 0 fully saturated rings. The van der Waals surface area contributed by atoms with Gasteiger partial charge in [-0.25, -0.2) is 4.98 Å². The van der Waals surface area contributed by atoms with Gasteiger partial charge in [0.2, 0.25) is 0 Å². The first-order valence-corrected chi connectivity index (χ1v) is 11.0. The number of nitrogens with two attached hydrogens (primary N) is 1. The molecule has 28 heavy (non-hydrogen) atoms. The summed E-state index contributed by atoms with van der Waals surface area (Å²) in [5.41, 5.74) is 6.13. The number of aromatic nitrogens is 1. The number of guanidine groups is 1. The lowest BCUT2D eigenvalue weighted by Crippen LogP contribution is -2.31. The molecule has 0 bridgehead atoms. The maximum absolute atomic E-state index is 10.8. The van der Waals surface area contributed by atoms with Crippen molar-refractivity contribution >= 4 is 45.5 Å². The second-order valence-corrected chi connectivity index (χ2v) is 8.34. The molecular weight excluding hydrogens is 422 g/mol. The molecule has 2 heterocycles. The van der Waals surface area contributed by atoms with Crippen LogP contribution in [0.25, 0.3) is 0 Å². The lowest BCUT2D eigenvalue weighted by molar-refractivity contribution is -0.404. The standard InChI is InChI=1S/C15H21N7O3S3/c16-14(17)21-15-20-10(9-28-15)8-26-5-3-18-13(7-22(24)25)19-6-11(23)12-2-1-4-27-12/h1-2,4,7,9,11,18-19,23H,3,5-6,8H2,(H4,16,17,20,21)/b13-7-. The fourth-order valence-electron chi connectivity index (χ4n) is 2.03. The van der Waals surface area contributed by atoms with Crippen molar-refractivity contribution in [1.29, 1.82) is 5.41 Å². The van der Waals surface area contributed by atoms with Gasteiger partial charge in [-0.05, 0) is 11.4 Å². The quantitative estimate of drug-likeness (QED) is 0.0942. The van der Waals surface area contributed by atoms with Crippen LogP contribution in [-0.2, 0) is 5.75 Å². The van der Waals surface area contributed by atoms with Crippen molar-refractivity contribution in [2.45, 2.75) is 11.9 Å². The van der Waals surface area contributed by atoms with Gasteiger partial charge in [-0.1, -0.05) is 6.07 Å². The molecule has 2 rings (SSSR count). The third kappa shape index (κ3) is 8.12. The molecule has 0 saturated carbocycles. The van der Waals surface area contributed by atoms with E-state index in [1.807, 2.05) is 22.9 Å². The van der Waals surface area contributed by atoms with Crippen LogP contribution in [0.5, 0.6) is 0 Å². The number of aliphatic hydroxyl groups excluding tert-OH is 1. The Morgan fingerprint density at radius 1 is 1.50 bits per heavy atom. The van der Waals surface area contributed by atoms with Gasteiger partial charge in [0.05, 0.1) is 10.6 Å². The van der Waals surface area contributed by atoms with Crippen molar-refractivity contribution in [3.05, 3.63) is 55.6 Å². The highest BCUT2D eigenvalue weighted by Crippen LogP contribution is 2.19. The largest absolute Gasteiger partial charge is 0.386 e. The van der Waals surface area contributed by atoms with E-state index in [1.165, 1.54) is 22.7 Å². The summed E-state index contributed by atoms with van der Waals surface area (Å²) in [5, 5.41) is 40.8. The summed E-state index contributed by atoms with van der Waals surface area (Å²) in [4.78, 5) is 15.3. The van der Waals surface area contributed by atoms with E-state index in [0.29, 0.717) is 23.2 Å². The summed E-state index contributed by atoms with van der Waals surface area (Å²) in [6.45, 7) is 0.681. The molecule has 2 aromatic rings. The van der Waals surface area contributed by atoms with E-state index >= 15 is 0 Å². The highest BCUT2D eigenvalue weighted by molar-refractivity contribution is 7.98. The second-order valence-electron chi connectivity index (χ2n) is 5.40. The van der Waals surface area contributed by atoms with Crippen LogP contribution < -0.4 is 21.7 Å². The van der Waals surface area contributed by atoms with Crippen LogP contribution in [0.15, 0.2) is 34.9 Å². The van der Waals surface area contributed by atoms with Gasteiger partial charge in [0.25, 0.3) is 6.20 Å². The van der Waals surface area contributed by atoms with E-state index in [0.717, 1.165) is 16.8 Å². The van der Waals surface area contributed by atoms with Crippen molar-refractivity contribution < 1.29 is 10.0 Å². The second kappa shape index (κ2) is 11.5. The lowest BCUT2D eigenvalue weighted by atomic mass is 10.3. The van der Waals surface area contributed by atoms with Gasteiger partial charge < -0.3 is 26.8 Å². The number of hydrogen-bond donors (Lipinski definition) is 6. The van der Waals surface area contributed by atoms with Gasteiger partial charge in [-0.2, -0.15) is 11.8 Å². The number of hydrogen-bond acceptors (Lipinski definition) is 10. The Kier molecular flexibility index (Phi) is 9.00.